The first kappa shape index (κ1) is 26.2. The maximum Gasteiger partial charge on any atom is 0.0978 e. The van der Waals surface area contributed by atoms with Gasteiger partial charge in [0.25, 0.3) is 0 Å². The van der Waals surface area contributed by atoms with Crippen molar-refractivity contribution in [1.82, 2.24) is 19.9 Å². The highest BCUT2D eigenvalue weighted by atomic mass is 14.8. The van der Waals surface area contributed by atoms with E-state index < -0.39 is 0 Å². The van der Waals surface area contributed by atoms with Gasteiger partial charge in [-0.1, -0.05) is 109 Å². The van der Waals surface area contributed by atoms with Crippen LogP contribution in [0.2, 0.25) is 0 Å². The van der Waals surface area contributed by atoms with Crippen LogP contribution in [0.1, 0.15) is 0 Å². The number of hydrogen-bond acceptors (Lipinski definition) is 4. The minimum atomic E-state index is 0.878. The standard InChI is InChI=1S/C42H26N4/c1-2-10-27(11-3-1)38-24-36(35-20-18-28-12-9-23-44-41(28)42(35)46-38)37-21-19-30(26-45-37)40-33-16-6-4-14-31(33)39(29-13-8-22-43-25-29)32-15-5-7-17-34(32)40/h1-26H. The molecule has 0 spiro atoms. The highest BCUT2D eigenvalue weighted by Gasteiger charge is 2.18. The molecule has 0 radical (unpaired) electrons. The van der Waals surface area contributed by atoms with Crippen molar-refractivity contribution in [2.24, 2.45) is 0 Å². The van der Waals surface area contributed by atoms with Crippen LogP contribution < -0.4 is 0 Å². The minimum absolute atomic E-state index is 0.878. The number of hydrogen-bond donors (Lipinski definition) is 0. The summed E-state index contributed by atoms with van der Waals surface area (Å²) in [5, 5.41) is 6.86. The number of fused-ring (bicyclic) bond motifs is 5. The molecule has 0 saturated heterocycles. The Morgan fingerprint density at radius 2 is 1.04 bits per heavy atom. The predicted octanol–water partition coefficient (Wildman–Crippen LogP) is 10.5. The zero-order valence-corrected chi connectivity index (χ0v) is 24.8. The normalized spacial score (nSPS) is 11.5. The van der Waals surface area contributed by atoms with Gasteiger partial charge in [0, 0.05) is 57.8 Å². The molecule has 4 heteroatoms. The van der Waals surface area contributed by atoms with Crippen LogP contribution in [0.4, 0.5) is 0 Å². The van der Waals surface area contributed by atoms with Crippen molar-refractivity contribution in [3.8, 4) is 44.8 Å². The lowest BCUT2D eigenvalue weighted by Crippen LogP contribution is -1.94. The molecule has 46 heavy (non-hydrogen) atoms. The third-order valence-corrected chi connectivity index (χ3v) is 8.83. The van der Waals surface area contributed by atoms with Crippen LogP contribution in [-0.2, 0) is 0 Å². The molecule has 4 aromatic heterocycles. The van der Waals surface area contributed by atoms with Crippen molar-refractivity contribution in [3.05, 3.63) is 158 Å². The van der Waals surface area contributed by atoms with Crippen LogP contribution in [0.25, 0.3) is 88.1 Å². The molecule has 0 bridgehead atoms. The first-order valence-electron chi connectivity index (χ1n) is 15.4. The van der Waals surface area contributed by atoms with E-state index >= 15 is 0 Å². The summed E-state index contributed by atoms with van der Waals surface area (Å²) >= 11 is 0. The monoisotopic (exact) mass is 586 g/mol. The van der Waals surface area contributed by atoms with Crippen molar-refractivity contribution < 1.29 is 0 Å². The van der Waals surface area contributed by atoms with E-state index in [-0.39, 0.29) is 0 Å². The molecule has 9 rings (SSSR count). The first-order valence-corrected chi connectivity index (χ1v) is 15.4. The lowest BCUT2D eigenvalue weighted by Gasteiger charge is -2.17. The van der Waals surface area contributed by atoms with Crippen LogP contribution in [0.5, 0.6) is 0 Å². The second-order valence-corrected chi connectivity index (χ2v) is 11.5. The fourth-order valence-corrected chi connectivity index (χ4v) is 6.76. The summed E-state index contributed by atoms with van der Waals surface area (Å²) in [7, 11) is 0. The molecule has 0 atom stereocenters. The topological polar surface area (TPSA) is 51.6 Å². The SMILES string of the molecule is c1ccc(-c2cc(-c3ccc(-c4c5ccccc5c(-c5cccnc5)c5ccccc45)cn3)c3ccc4cccnc4c3n2)cc1. The summed E-state index contributed by atoms with van der Waals surface area (Å²) in [6, 6.07) is 46.5. The van der Waals surface area contributed by atoms with E-state index in [1.807, 2.05) is 55.1 Å². The van der Waals surface area contributed by atoms with Gasteiger partial charge in [0.15, 0.2) is 0 Å². The molecule has 4 nitrogen and oxygen atoms in total. The molecule has 9 aromatic rings. The molecule has 5 aromatic carbocycles. The van der Waals surface area contributed by atoms with Gasteiger partial charge in [-0.3, -0.25) is 15.0 Å². The summed E-state index contributed by atoms with van der Waals surface area (Å²) in [6.45, 7) is 0. The smallest absolute Gasteiger partial charge is 0.0978 e. The van der Waals surface area contributed by atoms with E-state index in [1.165, 1.54) is 32.7 Å². The van der Waals surface area contributed by atoms with Crippen molar-refractivity contribution in [2.45, 2.75) is 0 Å². The minimum Gasteiger partial charge on any atom is -0.264 e. The highest BCUT2D eigenvalue weighted by molar-refractivity contribution is 6.21. The fourth-order valence-electron chi connectivity index (χ4n) is 6.76. The zero-order valence-electron chi connectivity index (χ0n) is 24.8. The molecule has 0 saturated carbocycles. The summed E-state index contributed by atoms with van der Waals surface area (Å²) in [5.74, 6) is 0. The Bertz CT molecular complexity index is 2500. The lowest BCUT2D eigenvalue weighted by molar-refractivity contribution is 1.32. The Labute approximate surface area is 265 Å². The zero-order chi connectivity index (χ0) is 30.5. The Morgan fingerprint density at radius 1 is 0.391 bits per heavy atom. The number of benzene rings is 5. The Balaban J connectivity index is 1.27. The van der Waals surface area contributed by atoms with Crippen LogP contribution in [0.15, 0.2) is 158 Å². The van der Waals surface area contributed by atoms with Gasteiger partial charge in [-0.15, -0.1) is 0 Å². The molecule has 0 aliphatic rings. The van der Waals surface area contributed by atoms with Crippen LogP contribution in [0.3, 0.4) is 0 Å². The van der Waals surface area contributed by atoms with Gasteiger partial charge in [-0.25, -0.2) is 4.98 Å². The van der Waals surface area contributed by atoms with Gasteiger partial charge in [0.05, 0.1) is 22.4 Å². The molecule has 0 N–H and O–H groups in total. The van der Waals surface area contributed by atoms with E-state index in [4.69, 9.17) is 15.0 Å². The molecule has 0 fully saturated rings. The molecule has 0 aliphatic heterocycles. The van der Waals surface area contributed by atoms with Crippen molar-refractivity contribution >= 4 is 43.4 Å². The Kier molecular flexibility index (Phi) is 6.10. The number of pyridine rings is 4. The summed E-state index contributed by atoms with van der Waals surface area (Å²) < 4.78 is 0. The predicted molar refractivity (Wildman–Crippen MR) is 189 cm³/mol. The summed E-state index contributed by atoms with van der Waals surface area (Å²) in [6.07, 6.45) is 7.62. The first-order chi connectivity index (χ1) is 22.8. The van der Waals surface area contributed by atoms with E-state index in [1.54, 1.807) is 0 Å². The third kappa shape index (κ3) is 4.23. The van der Waals surface area contributed by atoms with Crippen LogP contribution in [0, 0.1) is 0 Å². The average molecular weight is 587 g/mol. The second-order valence-electron chi connectivity index (χ2n) is 11.5. The van der Waals surface area contributed by atoms with E-state index in [9.17, 15) is 0 Å². The molecule has 4 heterocycles. The van der Waals surface area contributed by atoms with Crippen molar-refractivity contribution in [1.29, 1.82) is 0 Å². The lowest BCUT2D eigenvalue weighted by atomic mass is 9.86. The molecular formula is C42H26N4. The maximum atomic E-state index is 5.13. The van der Waals surface area contributed by atoms with Gasteiger partial charge < -0.3 is 0 Å². The summed E-state index contributed by atoms with van der Waals surface area (Å²) in [4.78, 5) is 19.4. The second kappa shape index (κ2) is 10.7. The molecule has 0 aliphatic carbocycles. The Morgan fingerprint density at radius 3 is 1.70 bits per heavy atom. The van der Waals surface area contributed by atoms with Gasteiger partial charge in [-0.2, -0.15) is 0 Å². The largest absolute Gasteiger partial charge is 0.264 e. The van der Waals surface area contributed by atoms with Crippen LogP contribution >= 0.6 is 0 Å². The molecular weight excluding hydrogens is 560 g/mol. The maximum absolute atomic E-state index is 5.13. The number of rotatable bonds is 4. The average Bonchev–Trinajstić information content (AvgIpc) is 3.14. The third-order valence-electron chi connectivity index (χ3n) is 8.83. The fraction of sp³-hybridized carbons (Fsp3) is 0. The van der Waals surface area contributed by atoms with Crippen LogP contribution in [-0.4, -0.2) is 19.9 Å². The Hall–Kier alpha value is -6.26. The van der Waals surface area contributed by atoms with Gasteiger partial charge in [0.2, 0.25) is 0 Å². The number of aromatic nitrogens is 4. The van der Waals surface area contributed by atoms with Crippen molar-refractivity contribution in [2.75, 3.05) is 0 Å². The highest BCUT2D eigenvalue weighted by Crippen LogP contribution is 2.43. The van der Waals surface area contributed by atoms with E-state index in [2.05, 4.69) is 108 Å². The van der Waals surface area contributed by atoms with E-state index in [0.29, 0.717) is 0 Å². The van der Waals surface area contributed by atoms with Gasteiger partial charge in [0.1, 0.15) is 0 Å². The van der Waals surface area contributed by atoms with Gasteiger partial charge >= 0.3 is 0 Å². The molecule has 0 unspecified atom stereocenters. The van der Waals surface area contributed by atoms with E-state index in [0.717, 1.165) is 55.4 Å². The molecule has 214 valence electrons. The number of nitrogens with zero attached hydrogens (tertiary/aromatic N) is 4. The molecule has 0 amide bonds. The van der Waals surface area contributed by atoms with Crippen molar-refractivity contribution in [3.63, 3.8) is 0 Å². The summed E-state index contributed by atoms with van der Waals surface area (Å²) in [5.41, 5.74) is 10.2. The van der Waals surface area contributed by atoms with Gasteiger partial charge in [-0.05, 0) is 56.9 Å². The quantitative estimate of drug-likeness (QED) is 0.152.